The summed E-state index contributed by atoms with van der Waals surface area (Å²) in [6, 6.07) is 13.3. The maximum Gasteiger partial charge on any atom is 0.238 e. The van der Waals surface area contributed by atoms with E-state index in [9.17, 15) is 4.79 Å². The van der Waals surface area contributed by atoms with Crippen LogP contribution >= 0.6 is 0 Å². The second kappa shape index (κ2) is 9.43. The third-order valence-electron chi connectivity index (χ3n) is 4.88. The number of rotatable bonds is 7. The lowest BCUT2D eigenvalue weighted by Gasteiger charge is -2.36. The van der Waals surface area contributed by atoms with Gasteiger partial charge in [0, 0.05) is 31.3 Å². The Morgan fingerprint density at radius 2 is 1.89 bits per heavy atom. The molecule has 0 radical (unpaired) electrons. The number of piperazine rings is 1. The number of hydrogen-bond acceptors (Lipinski definition) is 6. The summed E-state index contributed by atoms with van der Waals surface area (Å²) in [5.41, 5.74) is 1.70. The van der Waals surface area contributed by atoms with Crippen molar-refractivity contribution in [2.24, 2.45) is 0 Å². The first kappa shape index (κ1) is 20.0. The second-order valence-electron chi connectivity index (χ2n) is 6.55. The molecule has 7 heteroatoms. The quantitative estimate of drug-likeness (QED) is 0.762. The molecule has 0 saturated carbocycles. The van der Waals surface area contributed by atoms with E-state index in [-0.39, 0.29) is 18.5 Å². The van der Waals surface area contributed by atoms with E-state index < -0.39 is 0 Å². The van der Waals surface area contributed by atoms with E-state index in [2.05, 4.69) is 15.5 Å². The third-order valence-corrected chi connectivity index (χ3v) is 4.88. The molecule has 1 aliphatic heterocycles. The average molecular weight is 385 g/mol. The Morgan fingerprint density at radius 3 is 2.64 bits per heavy atom. The Kier molecular flexibility index (Phi) is 6.73. The van der Waals surface area contributed by atoms with Gasteiger partial charge in [-0.05, 0) is 18.2 Å². The summed E-state index contributed by atoms with van der Waals surface area (Å²) in [7, 11) is 4.83. The van der Waals surface area contributed by atoms with Crippen molar-refractivity contribution in [3.05, 3.63) is 48.0 Å². The molecule has 2 N–H and O–H groups in total. The largest absolute Gasteiger partial charge is 0.497 e. The highest BCUT2D eigenvalue weighted by Crippen LogP contribution is 2.31. The minimum Gasteiger partial charge on any atom is -0.497 e. The van der Waals surface area contributed by atoms with Crippen LogP contribution < -0.4 is 24.8 Å². The number of ether oxygens (including phenoxy) is 3. The average Bonchev–Trinajstić information content (AvgIpc) is 2.74. The number of nitrogens with zero attached hydrogens (tertiary/aromatic N) is 1. The Labute approximate surface area is 165 Å². The molecule has 1 aliphatic rings. The van der Waals surface area contributed by atoms with Crippen LogP contribution in [-0.4, -0.2) is 58.3 Å². The van der Waals surface area contributed by atoms with Crippen LogP contribution in [-0.2, 0) is 4.79 Å². The lowest BCUT2D eigenvalue weighted by atomic mass is 10.0. The number of carbonyl (C=O) groups is 1. The molecular weight excluding hydrogens is 358 g/mol. The van der Waals surface area contributed by atoms with Crippen LogP contribution in [0.15, 0.2) is 42.5 Å². The predicted octanol–water partition coefficient (Wildman–Crippen LogP) is 2.30. The number of hydrogen-bond donors (Lipinski definition) is 2. The molecule has 0 bridgehead atoms. The van der Waals surface area contributed by atoms with Gasteiger partial charge in [0.1, 0.15) is 17.2 Å². The molecule has 0 aliphatic carbocycles. The summed E-state index contributed by atoms with van der Waals surface area (Å²) in [5.74, 6) is 1.98. The Bertz CT molecular complexity index is 812. The maximum absolute atomic E-state index is 12.7. The van der Waals surface area contributed by atoms with Gasteiger partial charge in [-0.3, -0.25) is 9.69 Å². The number of amides is 1. The molecule has 3 rings (SSSR count). The van der Waals surface area contributed by atoms with Crippen LogP contribution in [0.4, 0.5) is 5.69 Å². The van der Waals surface area contributed by atoms with Crippen molar-refractivity contribution in [1.82, 2.24) is 10.2 Å². The van der Waals surface area contributed by atoms with Crippen molar-refractivity contribution in [1.29, 1.82) is 0 Å². The van der Waals surface area contributed by atoms with Crippen LogP contribution in [0, 0.1) is 0 Å². The minimum atomic E-state index is -0.0923. The highest BCUT2D eigenvalue weighted by Gasteiger charge is 2.27. The van der Waals surface area contributed by atoms with E-state index in [0.29, 0.717) is 17.2 Å². The Balaban J connectivity index is 1.73. The number of methoxy groups -OCH3 is 3. The van der Waals surface area contributed by atoms with E-state index >= 15 is 0 Å². The first-order valence-corrected chi connectivity index (χ1v) is 9.25. The molecule has 1 unspecified atom stereocenters. The molecule has 1 fully saturated rings. The van der Waals surface area contributed by atoms with Gasteiger partial charge < -0.3 is 24.8 Å². The fourth-order valence-electron chi connectivity index (χ4n) is 3.46. The normalized spacial score (nSPS) is 17.0. The highest BCUT2D eigenvalue weighted by molar-refractivity contribution is 5.93. The Morgan fingerprint density at radius 1 is 1.11 bits per heavy atom. The molecule has 2 aromatic carbocycles. The molecular formula is C21H27N3O4. The van der Waals surface area contributed by atoms with Crippen LogP contribution in [0.2, 0.25) is 0 Å². The van der Waals surface area contributed by atoms with Gasteiger partial charge in [0.2, 0.25) is 5.91 Å². The van der Waals surface area contributed by atoms with E-state index in [1.54, 1.807) is 39.5 Å². The van der Waals surface area contributed by atoms with Gasteiger partial charge in [0.25, 0.3) is 0 Å². The molecule has 2 aromatic rings. The van der Waals surface area contributed by atoms with Crippen molar-refractivity contribution in [2.45, 2.75) is 6.04 Å². The number of anilines is 1. The summed E-state index contributed by atoms with van der Waals surface area (Å²) >= 11 is 0. The maximum atomic E-state index is 12.7. The van der Waals surface area contributed by atoms with E-state index in [0.717, 1.165) is 30.9 Å². The molecule has 1 amide bonds. The van der Waals surface area contributed by atoms with Gasteiger partial charge in [-0.25, -0.2) is 0 Å². The van der Waals surface area contributed by atoms with Crippen LogP contribution in [0.5, 0.6) is 17.2 Å². The summed E-state index contributed by atoms with van der Waals surface area (Å²) in [5, 5.41) is 6.35. The number of carbonyl (C=O) groups excluding carboxylic acids is 1. The second-order valence-corrected chi connectivity index (χ2v) is 6.55. The Hall–Kier alpha value is -2.77. The highest BCUT2D eigenvalue weighted by atomic mass is 16.5. The van der Waals surface area contributed by atoms with Gasteiger partial charge in [0.15, 0.2) is 0 Å². The molecule has 1 heterocycles. The van der Waals surface area contributed by atoms with E-state index in [4.69, 9.17) is 14.2 Å². The molecule has 0 spiro atoms. The lowest BCUT2D eigenvalue weighted by Crippen LogP contribution is -2.48. The van der Waals surface area contributed by atoms with Crippen molar-refractivity contribution in [3.63, 3.8) is 0 Å². The van der Waals surface area contributed by atoms with Crippen LogP contribution in [0.1, 0.15) is 11.6 Å². The van der Waals surface area contributed by atoms with Crippen molar-refractivity contribution in [2.75, 3.05) is 52.8 Å². The zero-order valence-corrected chi connectivity index (χ0v) is 16.5. The zero-order chi connectivity index (χ0) is 19.9. The van der Waals surface area contributed by atoms with Gasteiger partial charge in [-0.15, -0.1) is 0 Å². The zero-order valence-electron chi connectivity index (χ0n) is 16.5. The van der Waals surface area contributed by atoms with Crippen molar-refractivity contribution in [3.8, 4) is 17.2 Å². The lowest BCUT2D eigenvalue weighted by molar-refractivity contribution is -0.118. The van der Waals surface area contributed by atoms with Gasteiger partial charge in [-0.2, -0.15) is 0 Å². The van der Waals surface area contributed by atoms with E-state index in [1.165, 1.54) is 0 Å². The summed E-state index contributed by atoms with van der Waals surface area (Å²) in [4.78, 5) is 14.9. The van der Waals surface area contributed by atoms with Gasteiger partial charge in [0.05, 0.1) is 39.6 Å². The fraction of sp³-hybridized carbons (Fsp3) is 0.381. The number of nitrogens with one attached hydrogen (secondary N) is 2. The molecule has 7 nitrogen and oxygen atoms in total. The summed E-state index contributed by atoms with van der Waals surface area (Å²) < 4.78 is 16.1. The van der Waals surface area contributed by atoms with Crippen molar-refractivity contribution < 1.29 is 19.0 Å². The number of para-hydroxylation sites is 1. The van der Waals surface area contributed by atoms with Gasteiger partial charge >= 0.3 is 0 Å². The standard InChI is InChI=1S/C21H27N3O4/c1-26-15-8-9-17(20(12-15)28-3)23-21(25)14-24-11-10-22-13-18(24)16-6-4-5-7-19(16)27-2/h4-9,12,18,22H,10-11,13-14H2,1-3H3,(H,23,25). The SMILES string of the molecule is COc1ccc(NC(=O)CN2CCNCC2c2ccccc2OC)c(OC)c1. The number of benzene rings is 2. The predicted molar refractivity (Wildman–Crippen MR) is 108 cm³/mol. The van der Waals surface area contributed by atoms with Crippen molar-refractivity contribution >= 4 is 11.6 Å². The molecule has 0 aromatic heterocycles. The van der Waals surface area contributed by atoms with Crippen LogP contribution in [0.25, 0.3) is 0 Å². The molecule has 28 heavy (non-hydrogen) atoms. The van der Waals surface area contributed by atoms with Crippen LogP contribution in [0.3, 0.4) is 0 Å². The minimum absolute atomic E-state index is 0.0633. The smallest absolute Gasteiger partial charge is 0.238 e. The summed E-state index contributed by atoms with van der Waals surface area (Å²) in [6.45, 7) is 2.65. The van der Waals surface area contributed by atoms with E-state index in [1.807, 2.05) is 24.3 Å². The first-order chi connectivity index (χ1) is 13.7. The molecule has 1 atom stereocenters. The topological polar surface area (TPSA) is 72.1 Å². The third kappa shape index (κ3) is 4.55. The first-order valence-electron chi connectivity index (χ1n) is 9.25. The monoisotopic (exact) mass is 385 g/mol. The molecule has 1 saturated heterocycles. The fourth-order valence-corrected chi connectivity index (χ4v) is 3.46. The van der Waals surface area contributed by atoms with Gasteiger partial charge in [-0.1, -0.05) is 18.2 Å². The molecule has 150 valence electrons. The summed E-state index contributed by atoms with van der Waals surface area (Å²) in [6.07, 6.45) is 0.